The Morgan fingerprint density at radius 1 is 1.00 bits per heavy atom. The fourth-order valence-electron chi connectivity index (χ4n) is 2.51. The topological polar surface area (TPSA) is 53.9 Å². The monoisotopic (exact) mass is 319 g/mol. The van der Waals surface area contributed by atoms with Crippen LogP contribution in [-0.4, -0.2) is 21.7 Å². The third-order valence-corrected chi connectivity index (χ3v) is 3.97. The average molecular weight is 319 g/mol. The van der Waals surface area contributed by atoms with Crippen LogP contribution < -0.4 is 10.2 Å². The molecule has 0 atom stereocenters. The maximum atomic E-state index is 4.61. The van der Waals surface area contributed by atoms with E-state index in [2.05, 4.69) is 70.4 Å². The first kappa shape index (κ1) is 15.9. The van der Waals surface area contributed by atoms with Crippen LogP contribution in [-0.2, 0) is 0 Å². The van der Waals surface area contributed by atoms with Crippen molar-refractivity contribution in [2.45, 2.75) is 20.8 Å². The Morgan fingerprint density at radius 3 is 2.50 bits per heavy atom. The van der Waals surface area contributed by atoms with Crippen molar-refractivity contribution < 1.29 is 0 Å². The van der Waals surface area contributed by atoms with Crippen LogP contribution in [0, 0.1) is 13.8 Å². The van der Waals surface area contributed by atoms with Gasteiger partial charge in [-0.05, 0) is 56.2 Å². The van der Waals surface area contributed by atoms with Crippen LogP contribution in [0.25, 0.3) is 0 Å². The van der Waals surface area contributed by atoms with Gasteiger partial charge in [0.05, 0.1) is 6.20 Å². The van der Waals surface area contributed by atoms with Crippen LogP contribution in [0.15, 0.2) is 54.7 Å². The van der Waals surface area contributed by atoms with Gasteiger partial charge in [0.1, 0.15) is 0 Å². The molecule has 1 heterocycles. The minimum Gasteiger partial charge on any atom is -0.325 e. The first-order valence-electron chi connectivity index (χ1n) is 8.04. The molecule has 0 aliphatic rings. The Kier molecular flexibility index (Phi) is 4.70. The molecule has 5 heteroatoms. The number of hydrogen-bond acceptors (Lipinski definition) is 5. The molecule has 3 rings (SSSR count). The van der Waals surface area contributed by atoms with Crippen LogP contribution >= 0.6 is 0 Å². The number of nitrogens with zero attached hydrogens (tertiary/aromatic N) is 4. The molecule has 0 aliphatic carbocycles. The number of rotatable bonds is 5. The quantitative estimate of drug-likeness (QED) is 0.756. The Hall–Kier alpha value is -2.95. The van der Waals surface area contributed by atoms with Gasteiger partial charge < -0.3 is 10.2 Å². The third kappa shape index (κ3) is 3.51. The van der Waals surface area contributed by atoms with Gasteiger partial charge in [-0.1, -0.05) is 24.3 Å². The van der Waals surface area contributed by atoms with Crippen LogP contribution in [0.5, 0.6) is 0 Å². The van der Waals surface area contributed by atoms with E-state index in [4.69, 9.17) is 0 Å². The number of hydrogen-bond donors (Lipinski definition) is 1. The third-order valence-electron chi connectivity index (χ3n) is 3.97. The summed E-state index contributed by atoms with van der Waals surface area (Å²) in [5.74, 6) is 1.26. The molecule has 2 aromatic carbocycles. The lowest BCUT2D eigenvalue weighted by atomic mass is 10.1. The molecular formula is C19H21N5. The number of para-hydroxylation sites is 1. The maximum Gasteiger partial charge on any atom is 0.249 e. The van der Waals surface area contributed by atoms with E-state index in [-0.39, 0.29) is 0 Å². The summed E-state index contributed by atoms with van der Waals surface area (Å²) >= 11 is 0. The average Bonchev–Trinajstić information content (AvgIpc) is 2.60. The second kappa shape index (κ2) is 7.08. The summed E-state index contributed by atoms with van der Waals surface area (Å²) in [4.78, 5) is 6.71. The Bertz CT molecular complexity index is 817. The minimum atomic E-state index is 0.491. The lowest BCUT2D eigenvalue weighted by molar-refractivity contribution is 0.922. The summed E-state index contributed by atoms with van der Waals surface area (Å²) in [7, 11) is 0. The second-order valence-electron chi connectivity index (χ2n) is 5.64. The highest BCUT2D eigenvalue weighted by atomic mass is 15.3. The first-order chi connectivity index (χ1) is 11.7. The van der Waals surface area contributed by atoms with Crippen LogP contribution in [0.3, 0.4) is 0 Å². The molecule has 0 amide bonds. The van der Waals surface area contributed by atoms with Crippen molar-refractivity contribution in [3.8, 4) is 0 Å². The number of nitrogens with one attached hydrogen (secondary N) is 1. The van der Waals surface area contributed by atoms with E-state index in [1.165, 1.54) is 11.1 Å². The largest absolute Gasteiger partial charge is 0.325 e. The summed E-state index contributed by atoms with van der Waals surface area (Å²) in [6.07, 6.45) is 1.68. The van der Waals surface area contributed by atoms with Gasteiger partial charge >= 0.3 is 0 Å². The van der Waals surface area contributed by atoms with E-state index in [1.807, 2.05) is 24.3 Å². The van der Waals surface area contributed by atoms with Crippen molar-refractivity contribution in [1.29, 1.82) is 0 Å². The predicted molar refractivity (Wildman–Crippen MR) is 98.1 cm³/mol. The van der Waals surface area contributed by atoms with Gasteiger partial charge in [0, 0.05) is 17.9 Å². The molecule has 0 bridgehead atoms. The Morgan fingerprint density at radius 2 is 1.79 bits per heavy atom. The molecule has 24 heavy (non-hydrogen) atoms. The molecule has 0 aliphatic heterocycles. The summed E-state index contributed by atoms with van der Waals surface area (Å²) in [6.45, 7) is 7.07. The van der Waals surface area contributed by atoms with E-state index >= 15 is 0 Å². The summed E-state index contributed by atoms with van der Waals surface area (Å²) in [6, 6.07) is 16.3. The van der Waals surface area contributed by atoms with Gasteiger partial charge in [-0.3, -0.25) is 0 Å². The molecule has 3 aromatic rings. The smallest absolute Gasteiger partial charge is 0.249 e. The van der Waals surface area contributed by atoms with E-state index in [0.29, 0.717) is 5.95 Å². The van der Waals surface area contributed by atoms with Crippen molar-refractivity contribution in [3.63, 3.8) is 0 Å². The van der Waals surface area contributed by atoms with Gasteiger partial charge in [0.2, 0.25) is 5.95 Å². The van der Waals surface area contributed by atoms with E-state index < -0.39 is 0 Å². The van der Waals surface area contributed by atoms with E-state index in [0.717, 1.165) is 23.7 Å². The van der Waals surface area contributed by atoms with Crippen molar-refractivity contribution in [1.82, 2.24) is 15.2 Å². The summed E-state index contributed by atoms with van der Waals surface area (Å²) in [5.41, 5.74) is 4.52. The predicted octanol–water partition coefficient (Wildman–Crippen LogP) is 4.39. The lowest BCUT2D eigenvalue weighted by Crippen LogP contribution is -2.18. The molecule has 0 radical (unpaired) electrons. The fourth-order valence-corrected chi connectivity index (χ4v) is 2.51. The highest BCUT2D eigenvalue weighted by Gasteiger charge is 2.10. The first-order valence-corrected chi connectivity index (χ1v) is 8.04. The number of aromatic nitrogens is 3. The maximum absolute atomic E-state index is 4.61. The molecular weight excluding hydrogens is 298 g/mol. The molecule has 5 nitrogen and oxygen atoms in total. The Labute approximate surface area is 142 Å². The molecule has 1 aromatic heterocycles. The number of benzene rings is 2. The highest BCUT2D eigenvalue weighted by molar-refractivity contribution is 5.61. The molecule has 122 valence electrons. The number of anilines is 4. The van der Waals surface area contributed by atoms with Crippen LogP contribution in [0.4, 0.5) is 23.1 Å². The highest BCUT2D eigenvalue weighted by Crippen LogP contribution is 2.23. The van der Waals surface area contributed by atoms with E-state index in [9.17, 15) is 0 Å². The molecule has 0 unspecified atom stereocenters. The van der Waals surface area contributed by atoms with Gasteiger partial charge in [-0.2, -0.15) is 10.1 Å². The normalized spacial score (nSPS) is 10.5. The molecule has 0 saturated heterocycles. The molecule has 0 spiro atoms. The van der Waals surface area contributed by atoms with Crippen molar-refractivity contribution in [2.24, 2.45) is 0 Å². The zero-order chi connectivity index (χ0) is 16.9. The molecule has 0 saturated carbocycles. The van der Waals surface area contributed by atoms with Crippen molar-refractivity contribution in [2.75, 3.05) is 16.8 Å². The fraction of sp³-hybridized carbons (Fsp3) is 0.211. The van der Waals surface area contributed by atoms with Gasteiger partial charge in [0.25, 0.3) is 0 Å². The van der Waals surface area contributed by atoms with Crippen LogP contribution in [0.1, 0.15) is 18.1 Å². The van der Waals surface area contributed by atoms with Gasteiger partial charge in [0.15, 0.2) is 5.82 Å². The van der Waals surface area contributed by atoms with Crippen molar-refractivity contribution in [3.05, 3.63) is 65.9 Å². The summed E-state index contributed by atoms with van der Waals surface area (Å²) < 4.78 is 0. The lowest BCUT2D eigenvalue weighted by Gasteiger charge is -2.21. The number of aryl methyl sites for hydroxylation is 2. The zero-order valence-corrected chi connectivity index (χ0v) is 14.2. The second-order valence-corrected chi connectivity index (χ2v) is 5.64. The van der Waals surface area contributed by atoms with Gasteiger partial charge in [-0.25, -0.2) is 0 Å². The standard InChI is InChI=1S/C19H21N5/c1-4-24(17-8-6-5-7-9-17)18-13-20-23-19(22-18)21-16-11-10-14(2)15(3)12-16/h5-13H,4H2,1-3H3,(H,21,22,23). The summed E-state index contributed by atoms with van der Waals surface area (Å²) in [5, 5.41) is 11.4. The Balaban J connectivity index is 1.86. The van der Waals surface area contributed by atoms with E-state index in [1.54, 1.807) is 6.20 Å². The van der Waals surface area contributed by atoms with Crippen LogP contribution in [0.2, 0.25) is 0 Å². The molecule has 1 N–H and O–H groups in total. The van der Waals surface area contributed by atoms with Gasteiger partial charge in [-0.15, -0.1) is 5.10 Å². The molecule has 0 fully saturated rings. The SMILES string of the molecule is CCN(c1ccccc1)c1cnnc(Nc2ccc(C)c(C)c2)n1. The van der Waals surface area contributed by atoms with Crippen molar-refractivity contribution >= 4 is 23.1 Å². The minimum absolute atomic E-state index is 0.491. The zero-order valence-electron chi connectivity index (χ0n) is 14.2.